The highest BCUT2D eigenvalue weighted by Crippen LogP contribution is 2.36. The summed E-state index contributed by atoms with van der Waals surface area (Å²) >= 11 is 0. The fourth-order valence-corrected chi connectivity index (χ4v) is 4.57. The second-order valence-corrected chi connectivity index (χ2v) is 8.32. The van der Waals surface area contributed by atoms with Crippen LogP contribution in [0.2, 0.25) is 0 Å². The average molecular weight is 442 g/mol. The lowest BCUT2D eigenvalue weighted by atomic mass is 9.95. The Balaban J connectivity index is 1.51. The van der Waals surface area contributed by atoms with E-state index in [-0.39, 0.29) is 11.8 Å². The number of aryl methyl sites for hydroxylation is 2. The summed E-state index contributed by atoms with van der Waals surface area (Å²) in [5.74, 6) is 1.35. The molecule has 1 aliphatic rings. The Hall–Kier alpha value is -3.71. The van der Waals surface area contributed by atoms with E-state index in [2.05, 4.69) is 56.8 Å². The fourth-order valence-electron chi connectivity index (χ4n) is 4.57. The summed E-state index contributed by atoms with van der Waals surface area (Å²) in [6.45, 7) is 2.37. The van der Waals surface area contributed by atoms with Gasteiger partial charge in [0.1, 0.15) is 0 Å². The molecule has 7 heteroatoms. The van der Waals surface area contributed by atoms with Gasteiger partial charge in [0.15, 0.2) is 17.3 Å². The Bertz CT molecular complexity index is 1220. The minimum absolute atomic E-state index is 0.118. The summed E-state index contributed by atoms with van der Waals surface area (Å²) in [6, 6.07) is 24.3. The molecule has 2 heterocycles. The number of fused-ring (bicyclic) bond motifs is 1. The SMILES string of the molecule is COc1cc(C(c2nnnn2CCc2ccccc2)N2CCc3ccccc3C2)ccc1O. The lowest BCUT2D eigenvalue weighted by molar-refractivity contribution is 0.194. The third-order valence-corrected chi connectivity index (χ3v) is 6.30. The standard InChI is InChI=1S/C26H27N5O2/c1-33-24-17-21(11-12-23(24)32)25(30-15-14-20-9-5-6-10-22(20)18-30)26-27-28-29-31(26)16-13-19-7-3-2-4-8-19/h2-12,17,25,32H,13-16,18H2,1H3. The van der Waals surface area contributed by atoms with Crippen LogP contribution in [0.15, 0.2) is 72.8 Å². The van der Waals surface area contributed by atoms with Gasteiger partial charge in [0, 0.05) is 19.6 Å². The number of methoxy groups -OCH3 is 1. The number of ether oxygens (including phenoxy) is 1. The summed E-state index contributed by atoms with van der Waals surface area (Å²) in [6.07, 6.45) is 1.81. The normalized spacial score (nSPS) is 14.6. The lowest BCUT2D eigenvalue weighted by Crippen LogP contribution is -2.36. The third kappa shape index (κ3) is 4.45. The molecule has 0 fully saturated rings. The first-order valence-electron chi connectivity index (χ1n) is 11.2. The number of nitrogens with zero attached hydrogens (tertiary/aromatic N) is 5. The van der Waals surface area contributed by atoms with Gasteiger partial charge in [0.05, 0.1) is 13.2 Å². The van der Waals surface area contributed by atoms with Gasteiger partial charge < -0.3 is 9.84 Å². The highest BCUT2D eigenvalue weighted by Gasteiger charge is 2.31. The van der Waals surface area contributed by atoms with E-state index < -0.39 is 0 Å². The van der Waals surface area contributed by atoms with E-state index >= 15 is 0 Å². The van der Waals surface area contributed by atoms with Crippen molar-refractivity contribution in [2.75, 3.05) is 13.7 Å². The predicted octanol–water partition coefficient (Wildman–Crippen LogP) is 3.78. The van der Waals surface area contributed by atoms with Crippen LogP contribution in [-0.2, 0) is 25.9 Å². The molecule has 0 spiro atoms. The molecule has 0 bridgehead atoms. The Morgan fingerprint density at radius 3 is 2.61 bits per heavy atom. The Morgan fingerprint density at radius 2 is 1.79 bits per heavy atom. The second-order valence-electron chi connectivity index (χ2n) is 8.32. The summed E-state index contributed by atoms with van der Waals surface area (Å²) in [7, 11) is 1.56. The molecule has 1 unspecified atom stereocenters. The molecule has 1 N–H and O–H groups in total. The highest BCUT2D eigenvalue weighted by molar-refractivity contribution is 5.44. The molecular formula is C26H27N5O2. The zero-order valence-corrected chi connectivity index (χ0v) is 18.6. The lowest BCUT2D eigenvalue weighted by Gasteiger charge is -2.35. The summed E-state index contributed by atoms with van der Waals surface area (Å²) in [5, 5.41) is 23.0. The first-order chi connectivity index (χ1) is 16.2. The monoisotopic (exact) mass is 441 g/mol. The van der Waals surface area contributed by atoms with Crippen molar-refractivity contribution in [1.82, 2.24) is 25.1 Å². The van der Waals surface area contributed by atoms with Crippen LogP contribution < -0.4 is 4.74 Å². The van der Waals surface area contributed by atoms with Crippen molar-refractivity contribution in [3.63, 3.8) is 0 Å². The van der Waals surface area contributed by atoms with Crippen molar-refractivity contribution in [3.8, 4) is 11.5 Å². The molecule has 4 aromatic rings. The quantitative estimate of drug-likeness (QED) is 0.470. The number of phenolic OH excluding ortho intramolecular Hbond substituents is 1. The zero-order valence-electron chi connectivity index (χ0n) is 18.6. The molecule has 0 aliphatic carbocycles. The van der Waals surface area contributed by atoms with E-state index in [0.29, 0.717) is 12.3 Å². The van der Waals surface area contributed by atoms with Crippen molar-refractivity contribution in [2.24, 2.45) is 0 Å². The molecule has 1 aromatic heterocycles. The molecule has 0 radical (unpaired) electrons. The van der Waals surface area contributed by atoms with E-state index in [9.17, 15) is 5.11 Å². The summed E-state index contributed by atoms with van der Waals surface area (Å²) in [5.41, 5.74) is 4.94. The van der Waals surface area contributed by atoms with Crippen molar-refractivity contribution in [2.45, 2.75) is 32.0 Å². The zero-order chi connectivity index (χ0) is 22.6. The van der Waals surface area contributed by atoms with Crippen LogP contribution in [0.3, 0.4) is 0 Å². The van der Waals surface area contributed by atoms with Crippen LogP contribution in [0.25, 0.3) is 0 Å². The minimum Gasteiger partial charge on any atom is -0.504 e. The van der Waals surface area contributed by atoms with Crippen LogP contribution in [0, 0.1) is 0 Å². The van der Waals surface area contributed by atoms with Gasteiger partial charge in [-0.15, -0.1) is 5.10 Å². The molecule has 1 aliphatic heterocycles. The average Bonchev–Trinajstić information content (AvgIpc) is 3.32. The molecule has 1 atom stereocenters. The van der Waals surface area contributed by atoms with E-state index in [1.165, 1.54) is 16.7 Å². The van der Waals surface area contributed by atoms with Gasteiger partial charge in [0.2, 0.25) is 0 Å². The summed E-state index contributed by atoms with van der Waals surface area (Å²) < 4.78 is 7.31. The number of phenols is 1. The molecule has 0 saturated carbocycles. The number of aromatic nitrogens is 4. The Kier molecular flexibility index (Phi) is 6.04. The molecule has 0 saturated heterocycles. The van der Waals surface area contributed by atoms with Crippen LogP contribution in [0.4, 0.5) is 0 Å². The van der Waals surface area contributed by atoms with Crippen LogP contribution in [0.1, 0.15) is 34.1 Å². The van der Waals surface area contributed by atoms with Crippen molar-refractivity contribution < 1.29 is 9.84 Å². The minimum atomic E-state index is -0.168. The number of hydrogen-bond acceptors (Lipinski definition) is 6. The third-order valence-electron chi connectivity index (χ3n) is 6.30. The van der Waals surface area contributed by atoms with Crippen LogP contribution in [0.5, 0.6) is 11.5 Å². The van der Waals surface area contributed by atoms with Crippen LogP contribution in [-0.4, -0.2) is 43.9 Å². The molecular weight excluding hydrogens is 414 g/mol. The summed E-state index contributed by atoms with van der Waals surface area (Å²) in [4.78, 5) is 2.40. The van der Waals surface area contributed by atoms with Crippen molar-refractivity contribution in [1.29, 1.82) is 0 Å². The first-order valence-corrected chi connectivity index (χ1v) is 11.2. The van der Waals surface area contributed by atoms with E-state index in [1.54, 1.807) is 13.2 Å². The molecule has 33 heavy (non-hydrogen) atoms. The van der Waals surface area contributed by atoms with Gasteiger partial charge in [-0.2, -0.15) is 0 Å². The van der Waals surface area contributed by atoms with E-state index in [1.807, 2.05) is 35.0 Å². The largest absolute Gasteiger partial charge is 0.504 e. The molecule has 5 rings (SSSR count). The van der Waals surface area contributed by atoms with Gasteiger partial charge in [-0.25, -0.2) is 4.68 Å². The van der Waals surface area contributed by atoms with Crippen LogP contribution >= 0.6 is 0 Å². The second kappa shape index (κ2) is 9.42. The first kappa shape index (κ1) is 21.2. The maximum Gasteiger partial charge on any atom is 0.173 e. The maximum atomic E-state index is 10.2. The number of tetrazole rings is 1. The predicted molar refractivity (Wildman–Crippen MR) is 125 cm³/mol. The Morgan fingerprint density at radius 1 is 1.00 bits per heavy atom. The number of aromatic hydroxyl groups is 1. The van der Waals surface area contributed by atoms with E-state index in [0.717, 1.165) is 37.3 Å². The smallest absolute Gasteiger partial charge is 0.173 e. The number of rotatable bonds is 7. The Labute approximate surface area is 193 Å². The van der Waals surface area contributed by atoms with Crippen molar-refractivity contribution in [3.05, 3.63) is 101 Å². The van der Waals surface area contributed by atoms with Gasteiger partial charge in [-0.3, -0.25) is 4.90 Å². The molecule has 3 aromatic carbocycles. The van der Waals surface area contributed by atoms with Crippen molar-refractivity contribution >= 4 is 0 Å². The highest BCUT2D eigenvalue weighted by atomic mass is 16.5. The maximum absolute atomic E-state index is 10.2. The fraction of sp³-hybridized carbons (Fsp3) is 0.269. The van der Waals surface area contributed by atoms with E-state index in [4.69, 9.17) is 4.74 Å². The van der Waals surface area contributed by atoms with Gasteiger partial charge >= 0.3 is 0 Å². The molecule has 0 amide bonds. The van der Waals surface area contributed by atoms with Gasteiger partial charge in [0.25, 0.3) is 0 Å². The molecule has 7 nitrogen and oxygen atoms in total. The van der Waals surface area contributed by atoms with Gasteiger partial charge in [-0.1, -0.05) is 60.7 Å². The van der Waals surface area contributed by atoms with Gasteiger partial charge in [-0.05, 0) is 57.7 Å². The molecule has 168 valence electrons. The topological polar surface area (TPSA) is 76.3 Å². The number of benzene rings is 3. The number of hydrogen-bond donors (Lipinski definition) is 1.